The fourth-order valence-electron chi connectivity index (χ4n) is 1.20. The third-order valence-electron chi connectivity index (χ3n) is 2.15. The summed E-state index contributed by atoms with van der Waals surface area (Å²) in [6.07, 6.45) is 1.89. The third kappa shape index (κ3) is 3.72. The Hall–Kier alpha value is -1.35. The highest BCUT2D eigenvalue weighted by atomic mass is 16.5. The number of carbonyl (C=O) groups is 1. The molecule has 1 aromatic rings. The van der Waals surface area contributed by atoms with E-state index in [1.807, 2.05) is 37.3 Å². The van der Waals surface area contributed by atoms with Crippen LogP contribution < -0.4 is 5.73 Å². The van der Waals surface area contributed by atoms with E-state index in [-0.39, 0.29) is 5.97 Å². The lowest BCUT2D eigenvalue weighted by molar-refractivity contribution is -0.145. The highest BCUT2D eigenvalue weighted by Gasteiger charge is 2.16. The van der Waals surface area contributed by atoms with Crippen molar-refractivity contribution in [3.8, 4) is 0 Å². The number of carbonyl (C=O) groups excluding carboxylic acids is 1. The number of ether oxygens (including phenoxy) is 1. The molecule has 15 heavy (non-hydrogen) atoms. The van der Waals surface area contributed by atoms with Gasteiger partial charge in [-0.1, -0.05) is 43.7 Å². The number of nitrogens with two attached hydrogens (primary N) is 1. The summed E-state index contributed by atoms with van der Waals surface area (Å²) in [6.45, 7) is 2.50. The van der Waals surface area contributed by atoms with Crippen LogP contribution in [0.25, 0.3) is 0 Å². The lowest BCUT2D eigenvalue weighted by Gasteiger charge is -2.11. The van der Waals surface area contributed by atoms with E-state index in [1.54, 1.807) is 0 Å². The van der Waals surface area contributed by atoms with Crippen LogP contribution in [0.1, 0.15) is 31.4 Å². The number of benzene rings is 1. The Labute approximate surface area is 90.2 Å². The summed E-state index contributed by atoms with van der Waals surface area (Å²) >= 11 is 0. The van der Waals surface area contributed by atoms with Crippen molar-refractivity contribution in [3.05, 3.63) is 35.9 Å². The number of esters is 1. The van der Waals surface area contributed by atoms with E-state index >= 15 is 0 Å². The molecule has 0 heterocycles. The molecule has 0 spiro atoms. The number of hydrogen-bond donors (Lipinski definition) is 1. The van der Waals surface area contributed by atoms with E-state index < -0.39 is 6.04 Å². The number of hydrogen-bond acceptors (Lipinski definition) is 3. The fourth-order valence-corrected chi connectivity index (χ4v) is 1.20. The lowest BCUT2D eigenvalue weighted by atomic mass is 10.1. The summed E-state index contributed by atoms with van der Waals surface area (Å²) in [7, 11) is 0. The van der Waals surface area contributed by atoms with E-state index in [4.69, 9.17) is 10.5 Å². The largest absolute Gasteiger partial charge is 0.464 e. The van der Waals surface area contributed by atoms with Crippen LogP contribution in [0.5, 0.6) is 0 Å². The Balaban J connectivity index is 2.46. The molecule has 3 heteroatoms. The molecule has 1 aromatic carbocycles. The summed E-state index contributed by atoms with van der Waals surface area (Å²) in [5.74, 6) is -0.352. The van der Waals surface area contributed by atoms with Crippen LogP contribution in [0.3, 0.4) is 0 Å². The van der Waals surface area contributed by atoms with Gasteiger partial charge in [-0.15, -0.1) is 0 Å². The van der Waals surface area contributed by atoms with Gasteiger partial charge in [0.2, 0.25) is 0 Å². The average Bonchev–Trinajstić information content (AvgIpc) is 2.29. The van der Waals surface area contributed by atoms with Gasteiger partial charge in [-0.25, -0.2) is 4.79 Å². The topological polar surface area (TPSA) is 52.3 Å². The standard InChI is InChI=1S/C12H17NO2/c1-2-3-9-15-12(14)11(13)10-7-5-4-6-8-10/h4-8,11H,2-3,9,13H2,1H3. The van der Waals surface area contributed by atoms with Crippen LogP contribution in [-0.4, -0.2) is 12.6 Å². The molecule has 1 rings (SSSR count). The van der Waals surface area contributed by atoms with Gasteiger partial charge in [0.15, 0.2) is 0 Å². The second-order valence-corrected chi connectivity index (χ2v) is 3.41. The summed E-state index contributed by atoms with van der Waals surface area (Å²) in [5.41, 5.74) is 6.54. The highest BCUT2D eigenvalue weighted by Crippen LogP contribution is 2.11. The van der Waals surface area contributed by atoms with Crippen molar-refractivity contribution >= 4 is 5.97 Å². The molecule has 0 aliphatic heterocycles. The smallest absolute Gasteiger partial charge is 0.327 e. The van der Waals surface area contributed by atoms with Crippen molar-refractivity contribution in [2.24, 2.45) is 5.73 Å². The maximum absolute atomic E-state index is 11.5. The molecule has 0 amide bonds. The van der Waals surface area contributed by atoms with E-state index in [1.165, 1.54) is 0 Å². The zero-order chi connectivity index (χ0) is 11.1. The van der Waals surface area contributed by atoms with E-state index in [2.05, 4.69) is 0 Å². The third-order valence-corrected chi connectivity index (χ3v) is 2.15. The molecule has 0 aliphatic carbocycles. The Morgan fingerprint density at radius 2 is 2.07 bits per heavy atom. The van der Waals surface area contributed by atoms with Crippen LogP contribution >= 0.6 is 0 Å². The van der Waals surface area contributed by atoms with Crippen molar-refractivity contribution < 1.29 is 9.53 Å². The van der Waals surface area contributed by atoms with Gasteiger partial charge in [0, 0.05) is 0 Å². The van der Waals surface area contributed by atoms with Crippen molar-refractivity contribution in [1.29, 1.82) is 0 Å². The van der Waals surface area contributed by atoms with Gasteiger partial charge in [-0.2, -0.15) is 0 Å². The molecule has 0 saturated carbocycles. The Morgan fingerprint density at radius 1 is 1.40 bits per heavy atom. The molecule has 0 radical (unpaired) electrons. The number of rotatable bonds is 5. The zero-order valence-electron chi connectivity index (χ0n) is 8.98. The maximum Gasteiger partial charge on any atom is 0.327 e. The van der Waals surface area contributed by atoms with Crippen LogP contribution in [-0.2, 0) is 9.53 Å². The first kappa shape index (κ1) is 11.7. The number of unbranched alkanes of at least 4 members (excludes halogenated alkanes) is 1. The molecule has 0 bridgehead atoms. The predicted octanol–water partition coefficient (Wildman–Crippen LogP) is 2.03. The fraction of sp³-hybridized carbons (Fsp3) is 0.417. The average molecular weight is 207 g/mol. The van der Waals surface area contributed by atoms with Crippen molar-refractivity contribution in [1.82, 2.24) is 0 Å². The van der Waals surface area contributed by atoms with Crippen LogP contribution in [0.15, 0.2) is 30.3 Å². The minimum absolute atomic E-state index is 0.352. The molecule has 3 nitrogen and oxygen atoms in total. The lowest BCUT2D eigenvalue weighted by Crippen LogP contribution is -2.24. The zero-order valence-corrected chi connectivity index (χ0v) is 8.98. The van der Waals surface area contributed by atoms with E-state index in [9.17, 15) is 4.79 Å². The molecule has 82 valence electrons. The summed E-state index contributed by atoms with van der Waals surface area (Å²) in [4.78, 5) is 11.5. The van der Waals surface area contributed by atoms with Gasteiger partial charge in [0.25, 0.3) is 0 Å². The summed E-state index contributed by atoms with van der Waals surface area (Å²) in [6, 6.07) is 8.59. The highest BCUT2D eigenvalue weighted by molar-refractivity contribution is 5.77. The minimum atomic E-state index is -0.664. The van der Waals surface area contributed by atoms with E-state index in [0.717, 1.165) is 18.4 Å². The Kier molecular flexibility index (Phi) is 4.84. The normalized spacial score (nSPS) is 12.1. The molecule has 1 unspecified atom stereocenters. The first-order chi connectivity index (χ1) is 7.25. The molecule has 2 N–H and O–H groups in total. The molecular weight excluding hydrogens is 190 g/mol. The van der Waals surface area contributed by atoms with Gasteiger partial charge in [0.1, 0.15) is 6.04 Å². The minimum Gasteiger partial charge on any atom is -0.464 e. The first-order valence-corrected chi connectivity index (χ1v) is 5.23. The second-order valence-electron chi connectivity index (χ2n) is 3.41. The van der Waals surface area contributed by atoms with Crippen molar-refractivity contribution in [2.75, 3.05) is 6.61 Å². The molecule has 0 aliphatic rings. The van der Waals surface area contributed by atoms with Gasteiger partial charge < -0.3 is 10.5 Å². The molecule has 1 atom stereocenters. The molecule has 0 fully saturated rings. The quantitative estimate of drug-likeness (QED) is 0.593. The Morgan fingerprint density at radius 3 is 2.67 bits per heavy atom. The monoisotopic (exact) mass is 207 g/mol. The van der Waals surface area contributed by atoms with Crippen LogP contribution in [0.4, 0.5) is 0 Å². The van der Waals surface area contributed by atoms with Gasteiger partial charge in [-0.3, -0.25) is 0 Å². The molecule has 0 aromatic heterocycles. The van der Waals surface area contributed by atoms with Crippen molar-refractivity contribution in [2.45, 2.75) is 25.8 Å². The van der Waals surface area contributed by atoms with Crippen LogP contribution in [0.2, 0.25) is 0 Å². The van der Waals surface area contributed by atoms with E-state index in [0.29, 0.717) is 6.61 Å². The van der Waals surface area contributed by atoms with Gasteiger partial charge in [-0.05, 0) is 12.0 Å². The maximum atomic E-state index is 11.5. The first-order valence-electron chi connectivity index (χ1n) is 5.23. The Bertz CT molecular complexity index is 298. The summed E-state index contributed by atoms with van der Waals surface area (Å²) < 4.78 is 5.03. The molecule has 0 saturated heterocycles. The van der Waals surface area contributed by atoms with Crippen LogP contribution in [0, 0.1) is 0 Å². The van der Waals surface area contributed by atoms with Gasteiger partial charge in [0.05, 0.1) is 6.61 Å². The summed E-state index contributed by atoms with van der Waals surface area (Å²) in [5, 5.41) is 0. The van der Waals surface area contributed by atoms with Crippen molar-refractivity contribution in [3.63, 3.8) is 0 Å². The second kappa shape index (κ2) is 6.19. The predicted molar refractivity (Wildman–Crippen MR) is 59.2 cm³/mol. The van der Waals surface area contributed by atoms with Gasteiger partial charge >= 0.3 is 5.97 Å². The SMILES string of the molecule is CCCCOC(=O)C(N)c1ccccc1. The molecular formula is C12H17NO2.